The number of nitrogens with zero attached hydrogens (tertiary/aromatic N) is 1. The fraction of sp³-hybridized carbons (Fsp3) is 1.00. The Morgan fingerprint density at radius 1 is 1.36 bits per heavy atom. The molecule has 0 radical (unpaired) electrons. The highest BCUT2D eigenvalue weighted by molar-refractivity contribution is 7.89. The van der Waals surface area contributed by atoms with E-state index in [1.807, 2.05) is 0 Å². The smallest absolute Gasteiger partial charge is 0.212 e. The molecule has 14 heavy (non-hydrogen) atoms. The molecule has 1 aliphatic rings. The predicted octanol–water partition coefficient (Wildman–Crippen LogP) is 1.99. The highest BCUT2D eigenvalue weighted by Gasteiger charge is 2.32. The summed E-state index contributed by atoms with van der Waals surface area (Å²) in [5.41, 5.74) is 0. The van der Waals surface area contributed by atoms with Gasteiger partial charge in [-0.3, -0.25) is 0 Å². The second-order valence-corrected chi connectivity index (χ2v) is 6.70. The van der Waals surface area contributed by atoms with Gasteiger partial charge in [-0.05, 0) is 33.1 Å². The van der Waals surface area contributed by atoms with Crippen LogP contribution in [0.1, 0.15) is 46.5 Å². The number of hydrogen-bond donors (Lipinski definition) is 0. The van der Waals surface area contributed by atoms with Gasteiger partial charge in [0.1, 0.15) is 0 Å². The standard InChI is InChI=1S/C10H21NO2S/c1-4-10-7-5-6-8-11(10)14(12,13)9(2)3/h9-10H,4-8H2,1-3H3. The Hall–Kier alpha value is -0.0900. The SMILES string of the molecule is CCC1CCCCN1S(=O)(=O)C(C)C. The van der Waals surface area contributed by atoms with E-state index in [4.69, 9.17) is 0 Å². The van der Waals surface area contributed by atoms with E-state index in [0.717, 1.165) is 25.8 Å². The molecule has 1 fully saturated rings. The van der Waals surface area contributed by atoms with Crippen LogP contribution >= 0.6 is 0 Å². The number of rotatable bonds is 3. The molecule has 1 unspecified atom stereocenters. The minimum atomic E-state index is -3.03. The minimum Gasteiger partial charge on any atom is -0.212 e. The summed E-state index contributed by atoms with van der Waals surface area (Å²) in [4.78, 5) is 0. The Morgan fingerprint density at radius 3 is 2.50 bits per heavy atom. The average Bonchev–Trinajstić information content (AvgIpc) is 2.17. The lowest BCUT2D eigenvalue weighted by Crippen LogP contribution is -2.46. The van der Waals surface area contributed by atoms with Crippen LogP contribution in [0.3, 0.4) is 0 Å². The van der Waals surface area contributed by atoms with Crippen LogP contribution in [-0.4, -0.2) is 30.6 Å². The van der Waals surface area contributed by atoms with Crippen LogP contribution in [0, 0.1) is 0 Å². The molecule has 4 heteroatoms. The van der Waals surface area contributed by atoms with Gasteiger partial charge in [-0.25, -0.2) is 8.42 Å². The molecule has 3 nitrogen and oxygen atoms in total. The first kappa shape index (κ1) is 12.0. The van der Waals surface area contributed by atoms with Gasteiger partial charge in [0.25, 0.3) is 0 Å². The van der Waals surface area contributed by atoms with Crippen LogP contribution in [0.4, 0.5) is 0 Å². The van der Waals surface area contributed by atoms with Crippen molar-refractivity contribution in [2.45, 2.75) is 57.7 Å². The largest absolute Gasteiger partial charge is 0.216 e. The van der Waals surface area contributed by atoms with Crippen molar-refractivity contribution in [3.05, 3.63) is 0 Å². The molecule has 0 amide bonds. The van der Waals surface area contributed by atoms with E-state index in [1.54, 1.807) is 18.2 Å². The summed E-state index contributed by atoms with van der Waals surface area (Å²) in [6, 6.07) is 0.246. The summed E-state index contributed by atoms with van der Waals surface area (Å²) in [7, 11) is -3.03. The lowest BCUT2D eigenvalue weighted by Gasteiger charge is -2.35. The molecule has 0 spiro atoms. The molecule has 0 aromatic carbocycles. The van der Waals surface area contributed by atoms with Crippen molar-refractivity contribution in [1.82, 2.24) is 4.31 Å². The average molecular weight is 219 g/mol. The molecule has 0 aromatic rings. The van der Waals surface area contributed by atoms with Gasteiger partial charge in [0.15, 0.2) is 0 Å². The van der Waals surface area contributed by atoms with E-state index < -0.39 is 10.0 Å². The highest BCUT2D eigenvalue weighted by Crippen LogP contribution is 2.24. The molecular formula is C10H21NO2S. The lowest BCUT2D eigenvalue weighted by molar-refractivity contribution is 0.245. The summed E-state index contributed by atoms with van der Waals surface area (Å²) in [5.74, 6) is 0. The zero-order valence-electron chi connectivity index (χ0n) is 9.36. The normalized spacial score (nSPS) is 25.6. The Labute approximate surface area is 87.5 Å². The molecule has 1 saturated heterocycles. The summed E-state index contributed by atoms with van der Waals surface area (Å²) >= 11 is 0. The fourth-order valence-corrected chi connectivity index (χ4v) is 3.58. The Kier molecular flexibility index (Phi) is 3.95. The zero-order chi connectivity index (χ0) is 10.8. The molecule has 0 bridgehead atoms. The molecule has 1 aliphatic heterocycles. The van der Waals surface area contributed by atoms with Crippen molar-refractivity contribution < 1.29 is 8.42 Å². The van der Waals surface area contributed by atoms with Gasteiger partial charge in [0, 0.05) is 12.6 Å². The third kappa shape index (κ3) is 2.28. The number of piperidine rings is 1. The first-order valence-corrected chi connectivity index (χ1v) is 7.01. The van der Waals surface area contributed by atoms with Crippen molar-refractivity contribution in [1.29, 1.82) is 0 Å². The van der Waals surface area contributed by atoms with Crippen LogP contribution in [-0.2, 0) is 10.0 Å². The molecule has 0 N–H and O–H groups in total. The zero-order valence-corrected chi connectivity index (χ0v) is 10.2. The molecule has 1 atom stereocenters. The van der Waals surface area contributed by atoms with E-state index >= 15 is 0 Å². The quantitative estimate of drug-likeness (QED) is 0.728. The van der Waals surface area contributed by atoms with Crippen LogP contribution < -0.4 is 0 Å². The maximum atomic E-state index is 12.0. The minimum absolute atomic E-state index is 0.246. The molecule has 0 saturated carbocycles. The van der Waals surface area contributed by atoms with E-state index in [9.17, 15) is 8.42 Å². The van der Waals surface area contributed by atoms with E-state index in [1.165, 1.54) is 6.42 Å². The van der Waals surface area contributed by atoms with Crippen molar-refractivity contribution in [3.63, 3.8) is 0 Å². The first-order chi connectivity index (χ1) is 6.50. The van der Waals surface area contributed by atoms with Crippen LogP contribution in [0.5, 0.6) is 0 Å². The summed E-state index contributed by atoms with van der Waals surface area (Å²) in [5, 5.41) is -0.283. The van der Waals surface area contributed by atoms with Crippen molar-refractivity contribution in [2.24, 2.45) is 0 Å². The van der Waals surface area contributed by atoms with Gasteiger partial charge >= 0.3 is 0 Å². The van der Waals surface area contributed by atoms with Crippen LogP contribution in [0.2, 0.25) is 0 Å². The van der Waals surface area contributed by atoms with Gasteiger partial charge in [-0.15, -0.1) is 0 Å². The van der Waals surface area contributed by atoms with Gasteiger partial charge in [0.2, 0.25) is 10.0 Å². The Balaban J connectivity index is 2.83. The topological polar surface area (TPSA) is 37.4 Å². The number of hydrogen-bond acceptors (Lipinski definition) is 2. The molecule has 84 valence electrons. The van der Waals surface area contributed by atoms with Gasteiger partial charge in [0.05, 0.1) is 5.25 Å². The van der Waals surface area contributed by atoms with Crippen LogP contribution in [0.15, 0.2) is 0 Å². The Bertz CT molecular complexity index is 272. The molecule has 1 heterocycles. The first-order valence-electron chi connectivity index (χ1n) is 5.50. The van der Waals surface area contributed by atoms with Gasteiger partial charge in [-0.1, -0.05) is 13.3 Å². The maximum Gasteiger partial charge on any atom is 0.216 e. The monoisotopic (exact) mass is 219 g/mol. The van der Waals surface area contributed by atoms with Crippen molar-refractivity contribution in [3.8, 4) is 0 Å². The molecule has 0 aromatic heterocycles. The third-order valence-electron chi connectivity index (χ3n) is 2.97. The molecular weight excluding hydrogens is 198 g/mol. The van der Waals surface area contributed by atoms with Gasteiger partial charge in [-0.2, -0.15) is 4.31 Å². The molecule has 0 aliphatic carbocycles. The predicted molar refractivity (Wildman–Crippen MR) is 58.7 cm³/mol. The van der Waals surface area contributed by atoms with Crippen molar-refractivity contribution in [2.75, 3.05) is 6.54 Å². The third-order valence-corrected chi connectivity index (χ3v) is 5.29. The fourth-order valence-electron chi connectivity index (χ4n) is 1.99. The summed E-state index contributed by atoms with van der Waals surface area (Å²) in [6.45, 7) is 6.31. The highest BCUT2D eigenvalue weighted by atomic mass is 32.2. The second kappa shape index (κ2) is 4.62. The van der Waals surface area contributed by atoms with E-state index in [-0.39, 0.29) is 11.3 Å². The summed E-state index contributed by atoms with van der Waals surface area (Å²) < 4.78 is 25.7. The maximum absolute atomic E-state index is 12.0. The van der Waals surface area contributed by atoms with E-state index in [2.05, 4.69) is 6.92 Å². The van der Waals surface area contributed by atoms with E-state index in [0.29, 0.717) is 0 Å². The van der Waals surface area contributed by atoms with Gasteiger partial charge < -0.3 is 0 Å². The second-order valence-electron chi connectivity index (χ2n) is 4.26. The lowest BCUT2D eigenvalue weighted by atomic mass is 10.0. The number of sulfonamides is 1. The Morgan fingerprint density at radius 2 is 2.00 bits per heavy atom. The van der Waals surface area contributed by atoms with Crippen LogP contribution in [0.25, 0.3) is 0 Å². The van der Waals surface area contributed by atoms with Crippen molar-refractivity contribution >= 4 is 10.0 Å². The summed E-state index contributed by atoms with van der Waals surface area (Å²) in [6.07, 6.45) is 4.15. The molecule has 1 rings (SSSR count).